The second kappa shape index (κ2) is 9.87. The van der Waals surface area contributed by atoms with Crippen LogP contribution in [0, 0.1) is 0 Å². The van der Waals surface area contributed by atoms with Gasteiger partial charge >= 0.3 is 5.69 Å². The molecular weight excluding hydrogens is 444 g/mol. The van der Waals surface area contributed by atoms with Gasteiger partial charge < -0.3 is 34.8 Å². The van der Waals surface area contributed by atoms with Crippen molar-refractivity contribution in [2.24, 2.45) is 14.1 Å². The van der Waals surface area contributed by atoms with E-state index in [0.717, 1.165) is 4.57 Å². The first-order chi connectivity index (χ1) is 16.3. The van der Waals surface area contributed by atoms with Crippen molar-refractivity contribution < 1.29 is 20.1 Å². The summed E-state index contributed by atoms with van der Waals surface area (Å²) >= 11 is 0. The van der Waals surface area contributed by atoms with Gasteiger partial charge in [0.1, 0.15) is 0 Å². The van der Waals surface area contributed by atoms with E-state index in [-0.39, 0.29) is 23.6 Å². The average molecular weight is 475 g/mol. The number of aromatic nitrogens is 4. The van der Waals surface area contributed by atoms with Gasteiger partial charge in [0.15, 0.2) is 22.7 Å². The Bertz CT molecular complexity index is 1290. The van der Waals surface area contributed by atoms with Crippen LogP contribution >= 0.6 is 0 Å². The number of aryl methyl sites for hydroxylation is 2. The predicted molar refractivity (Wildman–Crippen MR) is 125 cm³/mol. The number of morpholine rings is 1. The van der Waals surface area contributed by atoms with E-state index < -0.39 is 11.8 Å². The number of ether oxygens (including phenoxy) is 1. The first-order valence-corrected chi connectivity index (χ1v) is 11.2. The van der Waals surface area contributed by atoms with Crippen molar-refractivity contribution in [1.29, 1.82) is 0 Å². The van der Waals surface area contributed by atoms with Crippen molar-refractivity contribution >= 4 is 17.1 Å². The Morgan fingerprint density at radius 1 is 1.12 bits per heavy atom. The minimum absolute atomic E-state index is 0.240. The molecule has 1 atom stereocenters. The van der Waals surface area contributed by atoms with Gasteiger partial charge in [-0.3, -0.25) is 13.9 Å². The number of phenols is 2. The number of aromatic hydroxyl groups is 2. The number of nitrogens with zero attached hydrogens (tertiary/aromatic N) is 5. The zero-order valence-corrected chi connectivity index (χ0v) is 19.3. The van der Waals surface area contributed by atoms with Gasteiger partial charge in [-0.1, -0.05) is 6.07 Å². The summed E-state index contributed by atoms with van der Waals surface area (Å²) in [4.78, 5) is 32.1. The molecule has 1 aliphatic heterocycles. The maximum Gasteiger partial charge on any atom is 0.332 e. The molecule has 3 heterocycles. The molecule has 0 amide bonds. The largest absolute Gasteiger partial charge is 0.504 e. The molecule has 0 radical (unpaired) electrons. The summed E-state index contributed by atoms with van der Waals surface area (Å²) in [6, 6.07) is 4.21. The van der Waals surface area contributed by atoms with E-state index in [9.17, 15) is 24.9 Å². The molecule has 34 heavy (non-hydrogen) atoms. The normalized spacial score (nSPS) is 15.2. The minimum atomic E-state index is -0.855. The molecule has 1 aliphatic rings. The highest BCUT2D eigenvalue weighted by Gasteiger charge is 2.23. The lowest BCUT2D eigenvalue weighted by atomic mass is 10.1. The van der Waals surface area contributed by atoms with Gasteiger partial charge in [0.25, 0.3) is 5.56 Å². The van der Waals surface area contributed by atoms with Crippen molar-refractivity contribution in [3.8, 4) is 11.5 Å². The van der Waals surface area contributed by atoms with Crippen LogP contribution in [0.15, 0.2) is 27.8 Å². The van der Waals surface area contributed by atoms with Crippen LogP contribution in [-0.4, -0.2) is 73.4 Å². The van der Waals surface area contributed by atoms with Gasteiger partial charge in [0.2, 0.25) is 5.95 Å². The minimum Gasteiger partial charge on any atom is -0.504 e. The molecule has 4 N–H and O–H groups in total. The third kappa shape index (κ3) is 4.52. The van der Waals surface area contributed by atoms with E-state index in [1.54, 1.807) is 13.1 Å². The van der Waals surface area contributed by atoms with Crippen LogP contribution in [0.1, 0.15) is 18.1 Å². The predicted octanol–water partition coefficient (Wildman–Crippen LogP) is -0.605. The molecule has 12 nitrogen and oxygen atoms in total. The molecule has 2 aromatic heterocycles. The molecular formula is C22H30N6O6. The van der Waals surface area contributed by atoms with E-state index in [1.165, 1.54) is 23.7 Å². The number of imidazole rings is 1. The Hall–Kier alpha value is -3.35. The molecule has 1 aromatic carbocycles. The van der Waals surface area contributed by atoms with E-state index in [2.05, 4.69) is 15.2 Å². The number of aliphatic hydroxyl groups is 1. The Kier molecular flexibility index (Phi) is 6.91. The van der Waals surface area contributed by atoms with Gasteiger partial charge in [-0.15, -0.1) is 0 Å². The highest BCUT2D eigenvalue weighted by molar-refractivity contribution is 5.74. The first kappa shape index (κ1) is 23.8. The summed E-state index contributed by atoms with van der Waals surface area (Å²) in [5.41, 5.74) is 0.408. The van der Waals surface area contributed by atoms with Crippen LogP contribution in [0.4, 0.5) is 5.95 Å². The van der Waals surface area contributed by atoms with Gasteiger partial charge in [-0.05, 0) is 30.7 Å². The molecule has 1 fully saturated rings. The van der Waals surface area contributed by atoms with Gasteiger partial charge in [-0.25, -0.2) is 4.79 Å². The van der Waals surface area contributed by atoms with Gasteiger partial charge in [0, 0.05) is 40.3 Å². The van der Waals surface area contributed by atoms with Crippen LogP contribution < -0.4 is 21.5 Å². The lowest BCUT2D eigenvalue weighted by Gasteiger charge is -2.28. The molecule has 0 bridgehead atoms. The van der Waals surface area contributed by atoms with Crippen LogP contribution in [0.5, 0.6) is 11.5 Å². The second-order valence-corrected chi connectivity index (χ2v) is 8.36. The standard InChI is InChI=1S/C22H30N6O6/c1-25-19-18(20(32)26(2)22(25)33)28(21(24-19)27-8-10-34-11-9-27)7-3-6-23-13-17(31)14-4-5-15(29)16(30)12-14/h4-5,12,17,23,29-31H,3,6-11,13H2,1-2H3/t17-/m0/s1. The first-order valence-electron chi connectivity index (χ1n) is 11.2. The lowest BCUT2D eigenvalue weighted by Crippen LogP contribution is -2.39. The smallest absolute Gasteiger partial charge is 0.332 e. The van der Waals surface area contributed by atoms with Crippen LogP contribution in [0.2, 0.25) is 0 Å². The molecule has 0 aliphatic carbocycles. The highest BCUT2D eigenvalue weighted by atomic mass is 16.5. The topological polar surface area (TPSA) is 147 Å². The second-order valence-electron chi connectivity index (χ2n) is 8.36. The zero-order chi connectivity index (χ0) is 24.4. The third-order valence-electron chi connectivity index (χ3n) is 6.08. The number of rotatable bonds is 8. The zero-order valence-electron chi connectivity index (χ0n) is 19.3. The van der Waals surface area contributed by atoms with Gasteiger partial charge in [0.05, 0.1) is 19.3 Å². The molecule has 184 valence electrons. The number of fused-ring (bicyclic) bond motifs is 1. The summed E-state index contributed by atoms with van der Waals surface area (Å²) in [6.45, 7) is 3.69. The lowest BCUT2D eigenvalue weighted by molar-refractivity contribution is 0.121. The summed E-state index contributed by atoms with van der Waals surface area (Å²) in [6.07, 6.45) is -0.214. The van der Waals surface area contributed by atoms with Crippen molar-refractivity contribution in [3.63, 3.8) is 0 Å². The number of aliphatic hydroxyl groups excluding tert-OH is 1. The summed E-state index contributed by atoms with van der Waals surface area (Å²) in [5, 5.41) is 32.5. The quantitative estimate of drug-likeness (QED) is 0.248. The molecule has 0 spiro atoms. The fourth-order valence-electron chi connectivity index (χ4n) is 4.12. The fourth-order valence-corrected chi connectivity index (χ4v) is 4.12. The van der Waals surface area contributed by atoms with E-state index in [0.29, 0.717) is 68.5 Å². The van der Waals surface area contributed by atoms with Crippen LogP contribution in [-0.2, 0) is 25.4 Å². The molecule has 0 unspecified atom stereocenters. The average Bonchev–Trinajstić information content (AvgIpc) is 3.23. The molecule has 4 rings (SSSR count). The monoisotopic (exact) mass is 474 g/mol. The number of anilines is 1. The Morgan fingerprint density at radius 2 is 1.85 bits per heavy atom. The van der Waals surface area contributed by atoms with E-state index in [4.69, 9.17) is 4.74 Å². The highest BCUT2D eigenvalue weighted by Crippen LogP contribution is 2.27. The van der Waals surface area contributed by atoms with Crippen molar-refractivity contribution in [1.82, 2.24) is 24.0 Å². The van der Waals surface area contributed by atoms with Gasteiger partial charge in [-0.2, -0.15) is 4.98 Å². The van der Waals surface area contributed by atoms with Crippen LogP contribution in [0.3, 0.4) is 0 Å². The maximum absolute atomic E-state index is 13.0. The summed E-state index contributed by atoms with van der Waals surface area (Å²) in [5.74, 6) is 0.113. The third-order valence-corrected chi connectivity index (χ3v) is 6.08. The molecule has 0 saturated carbocycles. The Morgan fingerprint density at radius 3 is 2.56 bits per heavy atom. The number of hydrogen-bond donors (Lipinski definition) is 4. The number of phenolic OH excluding ortho intramolecular Hbond substituents is 2. The van der Waals surface area contributed by atoms with E-state index >= 15 is 0 Å². The summed E-state index contributed by atoms with van der Waals surface area (Å²) in [7, 11) is 3.06. The number of hydrogen-bond acceptors (Lipinski definition) is 9. The maximum atomic E-state index is 13.0. The van der Waals surface area contributed by atoms with Crippen molar-refractivity contribution in [2.45, 2.75) is 19.1 Å². The SMILES string of the molecule is Cn1c(=O)c2c(nc(N3CCOCC3)n2CCCNC[C@H](O)c2ccc(O)c(O)c2)n(C)c1=O. The number of nitrogens with one attached hydrogen (secondary N) is 1. The van der Waals surface area contributed by atoms with E-state index in [1.807, 2.05) is 4.57 Å². The van der Waals surface area contributed by atoms with Crippen molar-refractivity contribution in [2.75, 3.05) is 44.3 Å². The molecule has 3 aromatic rings. The van der Waals surface area contributed by atoms with Crippen molar-refractivity contribution in [3.05, 3.63) is 44.6 Å². The Labute approximate surface area is 195 Å². The number of benzene rings is 1. The Balaban J connectivity index is 1.49. The fraction of sp³-hybridized carbons (Fsp3) is 0.500. The molecule has 12 heteroatoms. The molecule has 1 saturated heterocycles. The summed E-state index contributed by atoms with van der Waals surface area (Å²) < 4.78 is 9.78. The van der Waals surface area contributed by atoms with Crippen LogP contribution in [0.25, 0.3) is 11.2 Å².